The summed E-state index contributed by atoms with van der Waals surface area (Å²) in [7, 11) is 0. The van der Waals surface area contributed by atoms with Crippen LogP contribution in [0.25, 0.3) is 6.08 Å². The number of hydrogen-bond acceptors (Lipinski definition) is 4. The molecule has 0 bridgehead atoms. The van der Waals surface area contributed by atoms with Gasteiger partial charge in [-0.05, 0) is 83.0 Å². The van der Waals surface area contributed by atoms with Crippen LogP contribution in [0.15, 0.2) is 64.6 Å². The SMILES string of the molecule is CCOc1cc(/C=C(/C#N)C(=O)Nc2ccc(F)cc2)cc(Br)c1OCc1c(Cl)cccc1Cl. The molecule has 0 aromatic heterocycles. The molecule has 3 aromatic carbocycles. The summed E-state index contributed by atoms with van der Waals surface area (Å²) >= 11 is 15.9. The molecule has 0 fully saturated rings. The molecule has 0 spiro atoms. The highest BCUT2D eigenvalue weighted by atomic mass is 79.9. The number of amides is 1. The zero-order valence-electron chi connectivity index (χ0n) is 17.9. The van der Waals surface area contributed by atoms with E-state index in [0.717, 1.165) is 0 Å². The Morgan fingerprint density at radius 1 is 1.15 bits per heavy atom. The Hall–Kier alpha value is -3.05. The molecule has 174 valence electrons. The van der Waals surface area contributed by atoms with E-state index in [1.165, 1.54) is 30.3 Å². The van der Waals surface area contributed by atoms with Crippen molar-refractivity contribution in [1.82, 2.24) is 0 Å². The van der Waals surface area contributed by atoms with Crippen molar-refractivity contribution in [3.05, 3.63) is 91.6 Å². The molecule has 0 atom stereocenters. The Morgan fingerprint density at radius 2 is 1.82 bits per heavy atom. The molecule has 0 aliphatic carbocycles. The van der Waals surface area contributed by atoms with Crippen LogP contribution >= 0.6 is 39.1 Å². The number of anilines is 1. The zero-order chi connectivity index (χ0) is 24.7. The Labute approximate surface area is 214 Å². The first-order valence-corrected chi connectivity index (χ1v) is 11.6. The summed E-state index contributed by atoms with van der Waals surface area (Å²) in [4.78, 5) is 12.5. The molecule has 9 heteroatoms. The normalized spacial score (nSPS) is 11.0. The third-order valence-electron chi connectivity index (χ3n) is 4.53. The van der Waals surface area contributed by atoms with Gasteiger partial charge < -0.3 is 14.8 Å². The summed E-state index contributed by atoms with van der Waals surface area (Å²) in [5.41, 5.74) is 1.39. The maximum Gasteiger partial charge on any atom is 0.266 e. The second-order valence-electron chi connectivity index (χ2n) is 6.88. The summed E-state index contributed by atoms with van der Waals surface area (Å²) in [6, 6.07) is 15.7. The summed E-state index contributed by atoms with van der Waals surface area (Å²) < 4.78 is 25.3. The minimum absolute atomic E-state index is 0.107. The third kappa shape index (κ3) is 6.51. The molecule has 0 unspecified atom stereocenters. The number of ether oxygens (including phenoxy) is 2. The van der Waals surface area contributed by atoms with E-state index in [2.05, 4.69) is 21.2 Å². The van der Waals surface area contributed by atoms with Crippen molar-refractivity contribution in [2.45, 2.75) is 13.5 Å². The molecule has 0 saturated carbocycles. The summed E-state index contributed by atoms with van der Waals surface area (Å²) in [5, 5.41) is 13.0. The van der Waals surface area contributed by atoms with E-state index in [0.29, 0.717) is 49.4 Å². The standard InChI is InChI=1S/C25H18BrCl2FN2O3/c1-2-33-23-12-15(10-16(13-30)25(32)31-18-8-6-17(29)7-9-18)11-20(26)24(23)34-14-19-21(27)4-3-5-22(19)28/h3-12H,2,14H2,1H3,(H,31,32)/b16-10-. The number of carbonyl (C=O) groups excluding carboxylic acids is 1. The van der Waals surface area contributed by atoms with Gasteiger partial charge in [0.2, 0.25) is 0 Å². The van der Waals surface area contributed by atoms with Crippen LogP contribution < -0.4 is 14.8 Å². The molecule has 5 nitrogen and oxygen atoms in total. The summed E-state index contributed by atoms with van der Waals surface area (Å²) in [6.07, 6.45) is 1.42. The lowest BCUT2D eigenvalue weighted by molar-refractivity contribution is -0.112. The quantitative estimate of drug-likeness (QED) is 0.229. The first-order valence-electron chi connectivity index (χ1n) is 10.0. The molecule has 1 N–H and O–H groups in total. The van der Waals surface area contributed by atoms with Crippen LogP contribution in [-0.4, -0.2) is 12.5 Å². The lowest BCUT2D eigenvalue weighted by Gasteiger charge is -2.16. The van der Waals surface area contributed by atoms with E-state index in [9.17, 15) is 14.4 Å². The summed E-state index contributed by atoms with van der Waals surface area (Å²) in [5.74, 6) is -0.231. The van der Waals surface area contributed by atoms with Crippen molar-refractivity contribution in [2.24, 2.45) is 0 Å². The number of nitrogens with zero attached hydrogens (tertiary/aromatic N) is 1. The zero-order valence-corrected chi connectivity index (χ0v) is 21.0. The second-order valence-corrected chi connectivity index (χ2v) is 8.55. The van der Waals surface area contributed by atoms with Crippen molar-refractivity contribution >= 4 is 56.8 Å². The van der Waals surface area contributed by atoms with Crippen molar-refractivity contribution in [2.75, 3.05) is 11.9 Å². The minimum Gasteiger partial charge on any atom is -0.490 e. The molecule has 3 aromatic rings. The molecular formula is C25H18BrCl2FN2O3. The highest BCUT2D eigenvalue weighted by Gasteiger charge is 2.16. The van der Waals surface area contributed by atoms with Crippen molar-refractivity contribution in [1.29, 1.82) is 5.26 Å². The Kier molecular flexibility index (Phi) is 8.94. The van der Waals surface area contributed by atoms with Gasteiger partial charge in [0.25, 0.3) is 5.91 Å². The monoisotopic (exact) mass is 562 g/mol. The number of halogens is 4. The maximum atomic E-state index is 13.1. The van der Waals surface area contributed by atoms with Gasteiger partial charge in [-0.3, -0.25) is 4.79 Å². The first-order chi connectivity index (χ1) is 16.3. The highest BCUT2D eigenvalue weighted by molar-refractivity contribution is 9.10. The highest BCUT2D eigenvalue weighted by Crippen LogP contribution is 2.39. The largest absolute Gasteiger partial charge is 0.490 e. The van der Waals surface area contributed by atoms with Crippen molar-refractivity contribution in [3.63, 3.8) is 0 Å². The van der Waals surface area contributed by atoms with Gasteiger partial charge in [-0.1, -0.05) is 29.3 Å². The van der Waals surface area contributed by atoms with Crippen LogP contribution in [0.4, 0.5) is 10.1 Å². The van der Waals surface area contributed by atoms with Gasteiger partial charge in [-0.25, -0.2) is 4.39 Å². The average molecular weight is 564 g/mol. The smallest absolute Gasteiger partial charge is 0.266 e. The number of hydrogen-bond donors (Lipinski definition) is 1. The Morgan fingerprint density at radius 3 is 2.44 bits per heavy atom. The average Bonchev–Trinajstić information content (AvgIpc) is 2.80. The van der Waals surface area contributed by atoms with Gasteiger partial charge in [0, 0.05) is 21.3 Å². The van der Waals surface area contributed by atoms with Gasteiger partial charge in [0.1, 0.15) is 24.1 Å². The molecular weight excluding hydrogens is 546 g/mol. The number of nitriles is 1. The topological polar surface area (TPSA) is 71.3 Å². The van der Waals surface area contributed by atoms with E-state index < -0.39 is 11.7 Å². The fourth-order valence-corrected chi connectivity index (χ4v) is 4.02. The molecule has 0 radical (unpaired) electrons. The van der Waals surface area contributed by atoms with Crippen LogP contribution in [0.5, 0.6) is 11.5 Å². The maximum absolute atomic E-state index is 13.1. The van der Waals surface area contributed by atoms with E-state index in [1.807, 2.05) is 13.0 Å². The number of nitrogens with one attached hydrogen (secondary N) is 1. The van der Waals surface area contributed by atoms with Crippen LogP contribution in [0.1, 0.15) is 18.1 Å². The van der Waals surface area contributed by atoms with Crippen LogP contribution in [0.3, 0.4) is 0 Å². The molecule has 3 rings (SSSR count). The van der Waals surface area contributed by atoms with Crippen LogP contribution in [0, 0.1) is 17.1 Å². The number of rotatable bonds is 8. The number of carbonyl (C=O) groups is 1. The molecule has 34 heavy (non-hydrogen) atoms. The van der Waals surface area contributed by atoms with Gasteiger partial charge in [-0.15, -0.1) is 0 Å². The van der Waals surface area contributed by atoms with Gasteiger partial charge >= 0.3 is 0 Å². The van der Waals surface area contributed by atoms with E-state index in [4.69, 9.17) is 32.7 Å². The lowest BCUT2D eigenvalue weighted by atomic mass is 10.1. The molecule has 0 aliphatic heterocycles. The Bertz CT molecular complexity index is 1250. The van der Waals surface area contributed by atoms with Crippen LogP contribution in [-0.2, 0) is 11.4 Å². The lowest BCUT2D eigenvalue weighted by Crippen LogP contribution is -2.13. The number of benzene rings is 3. The van der Waals surface area contributed by atoms with Gasteiger partial charge in [0.15, 0.2) is 11.5 Å². The van der Waals surface area contributed by atoms with Crippen molar-refractivity contribution < 1.29 is 18.7 Å². The Balaban J connectivity index is 1.86. The van der Waals surface area contributed by atoms with Crippen LogP contribution in [0.2, 0.25) is 10.0 Å². The predicted octanol–water partition coefficient (Wildman–Crippen LogP) is 7.42. The van der Waals surface area contributed by atoms with E-state index in [-0.39, 0.29) is 12.2 Å². The van der Waals surface area contributed by atoms with Gasteiger partial charge in [0.05, 0.1) is 11.1 Å². The van der Waals surface area contributed by atoms with Crippen molar-refractivity contribution in [3.8, 4) is 17.6 Å². The molecule has 0 aliphatic rings. The second kappa shape index (κ2) is 11.9. The molecule has 0 heterocycles. The first kappa shape index (κ1) is 25.6. The van der Waals surface area contributed by atoms with E-state index in [1.54, 1.807) is 30.3 Å². The fourth-order valence-electron chi connectivity index (χ4n) is 2.94. The minimum atomic E-state index is -0.628. The fraction of sp³-hybridized carbons (Fsp3) is 0.120. The summed E-state index contributed by atoms with van der Waals surface area (Å²) in [6.45, 7) is 2.29. The third-order valence-corrected chi connectivity index (χ3v) is 5.83. The van der Waals surface area contributed by atoms with Gasteiger partial charge in [-0.2, -0.15) is 5.26 Å². The molecule has 0 saturated heterocycles. The predicted molar refractivity (Wildman–Crippen MR) is 135 cm³/mol. The van der Waals surface area contributed by atoms with E-state index >= 15 is 0 Å². The molecule has 1 amide bonds.